The molecule has 0 N–H and O–H groups in total. The number of benzene rings is 2. The third-order valence-corrected chi connectivity index (χ3v) is 4.87. The molecule has 0 bridgehead atoms. The highest BCUT2D eigenvalue weighted by Crippen LogP contribution is 2.42. The minimum Gasteiger partial charge on any atom is -0.224 e. The number of hydrogen-bond acceptors (Lipinski definition) is 2. The van der Waals surface area contributed by atoms with E-state index >= 15 is 0 Å². The maximum atomic E-state index is 11.5. The van der Waals surface area contributed by atoms with Gasteiger partial charge in [-0.05, 0) is 47.2 Å². The van der Waals surface area contributed by atoms with E-state index in [0.29, 0.717) is 4.90 Å². The van der Waals surface area contributed by atoms with Crippen LogP contribution in [0, 0.1) is 0 Å². The Kier molecular flexibility index (Phi) is 3.22. The summed E-state index contributed by atoms with van der Waals surface area (Å²) in [6.07, 6.45) is 3.38. The summed E-state index contributed by atoms with van der Waals surface area (Å²) in [4.78, 5) is 0.377. The van der Waals surface area contributed by atoms with Crippen LogP contribution in [-0.4, -0.2) is 14.7 Å². The van der Waals surface area contributed by atoms with Crippen LogP contribution < -0.4 is 0 Å². The summed E-state index contributed by atoms with van der Waals surface area (Å²) < 4.78 is 22.9. The van der Waals surface area contributed by atoms with Crippen molar-refractivity contribution in [3.8, 4) is 0 Å². The lowest BCUT2D eigenvalue weighted by atomic mass is 9.80. The van der Waals surface area contributed by atoms with Gasteiger partial charge in [-0.1, -0.05) is 42.5 Å². The Morgan fingerprint density at radius 2 is 1.25 bits per heavy atom. The number of allylic oxidation sites excluding steroid dienone is 2. The van der Waals surface area contributed by atoms with Gasteiger partial charge in [0.25, 0.3) is 0 Å². The van der Waals surface area contributed by atoms with E-state index < -0.39 is 9.84 Å². The van der Waals surface area contributed by atoms with Crippen molar-refractivity contribution in [1.29, 1.82) is 0 Å². The first kappa shape index (κ1) is 13.1. The van der Waals surface area contributed by atoms with E-state index in [1.165, 1.54) is 23.0 Å². The lowest BCUT2D eigenvalue weighted by Gasteiger charge is -2.25. The molecule has 3 rings (SSSR count). The standard InChI is InChI=1S/C17H16O2S/c1-20(18,19)15-9-7-14(8-10-15)17-12-11-16(17)13-5-3-2-4-6-13/h2-10H,11-12H2,1H3. The van der Waals surface area contributed by atoms with Crippen molar-refractivity contribution in [3.63, 3.8) is 0 Å². The molecule has 3 heteroatoms. The fraction of sp³-hybridized carbons (Fsp3) is 0.176. The quantitative estimate of drug-likeness (QED) is 0.859. The normalized spacial score (nSPS) is 15.1. The van der Waals surface area contributed by atoms with E-state index in [1.54, 1.807) is 12.1 Å². The van der Waals surface area contributed by atoms with Crippen molar-refractivity contribution in [1.82, 2.24) is 0 Å². The van der Waals surface area contributed by atoms with E-state index in [0.717, 1.165) is 18.4 Å². The number of rotatable bonds is 3. The largest absolute Gasteiger partial charge is 0.224 e. The highest BCUT2D eigenvalue weighted by Gasteiger charge is 2.20. The molecule has 0 aliphatic heterocycles. The van der Waals surface area contributed by atoms with Gasteiger partial charge in [0.05, 0.1) is 4.90 Å². The summed E-state index contributed by atoms with van der Waals surface area (Å²) in [5.74, 6) is 0. The van der Waals surface area contributed by atoms with Gasteiger partial charge >= 0.3 is 0 Å². The van der Waals surface area contributed by atoms with Gasteiger partial charge in [-0.15, -0.1) is 0 Å². The predicted molar refractivity (Wildman–Crippen MR) is 82.0 cm³/mol. The molecule has 0 atom stereocenters. The molecular weight excluding hydrogens is 268 g/mol. The lowest BCUT2D eigenvalue weighted by Crippen LogP contribution is -2.03. The molecule has 0 saturated heterocycles. The third-order valence-electron chi connectivity index (χ3n) is 3.74. The van der Waals surface area contributed by atoms with Gasteiger partial charge in [0.1, 0.15) is 0 Å². The topological polar surface area (TPSA) is 34.1 Å². The second-order valence-corrected chi connectivity index (χ2v) is 7.14. The summed E-state index contributed by atoms with van der Waals surface area (Å²) in [5.41, 5.74) is 5.09. The Morgan fingerprint density at radius 1 is 0.750 bits per heavy atom. The minimum absolute atomic E-state index is 0.377. The van der Waals surface area contributed by atoms with Crippen LogP contribution >= 0.6 is 0 Å². The summed E-state index contributed by atoms with van der Waals surface area (Å²) in [7, 11) is -3.12. The molecule has 0 fully saturated rings. The molecule has 0 aromatic heterocycles. The molecule has 2 aromatic carbocycles. The highest BCUT2D eigenvalue weighted by atomic mass is 32.2. The van der Waals surface area contributed by atoms with Gasteiger partial charge in [0, 0.05) is 6.26 Å². The van der Waals surface area contributed by atoms with E-state index in [4.69, 9.17) is 0 Å². The second kappa shape index (κ2) is 4.91. The monoisotopic (exact) mass is 284 g/mol. The Hall–Kier alpha value is -1.87. The van der Waals surface area contributed by atoms with Crippen LogP contribution in [0.25, 0.3) is 11.1 Å². The number of sulfone groups is 1. The Labute approximate surface area is 119 Å². The van der Waals surface area contributed by atoms with Gasteiger partial charge in [0.15, 0.2) is 9.84 Å². The van der Waals surface area contributed by atoms with Gasteiger partial charge in [-0.3, -0.25) is 0 Å². The SMILES string of the molecule is CS(=O)(=O)c1ccc(C2=C(c3ccccc3)CC2)cc1. The van der Waals surface area contributed by atoms with Crippen molar-refractivity contribution in [3.05, 3.63) is 65.7 Å². The lowest BCUT2D eigenvalue weighted by molar-refractivity contribution is 0.602. The summed E-state index contributed by atoms with van der Waals surface area (Å²) in [6, 6.07) is 17.6. The van der Waals surface area contributed by atoms with Crippen LogP contribution in [0.3, 0.4) is 0 Å². The van der Waals surface area contributed by atoms with E-state index in [-0.39, 0.29) is 0 Å². The fourth-order valence-corrected chi connectivity index (χ4v) is 3.19. The van der Waals surface area contributed by atoms with Crippen molar-refractivity contribution < 1.29 is 8.42 Å². The van der Waals surface area contributed by atoms with Crippen molar-refractivity contribution in [2.75, 3.05) is 6.26 Å². The molecule has 2 aromatic rings. The molecule has 20 heavy (non-hydrogen) atoms. The molecule has 1 aliphatic rings. The maximum absolute atomic E-state index is 11.5. The minimum atomic E-state index is -3.12. The second-order valence-electron chi connectivity index (χ2n) is 5.12. The van der Waals surface area contributed by atoms with Crippen LogP contribution in [0.5, 0.6) is 0 Å². The summed E-state index contributed by atoms with van der Waals surface area (Å²) in [5, 5.41) is 0. The Bertz CT molecular complexity index is 754. The maximum Gasteiger partial charge on any atom is 0.175 e. The molecular formula is C17H16O2S. The zero-order valence-corrected chi connectivity index (χ0v) is 12.2. The third kappa shape index (κ3) is 2.41. The molecule has 2 nitrogen and oxygen atoms in total. The molecule has 0 saturated carbocycles. The van der Waals surface area contributed by atoms with Crippen LogP contribution in [0.4, 0.5) is 0 Å². The zero-order valence-electron chi connectivity index (χ0n) is 11.3. The van der Waals surface area contributed by atoms with Gasteiger partial charge in [0.2, 0.25) is 0 Å². The fourth-order valence-electron chi connectivity index (χ4n) is 2.55. The van der Waals surface area contributed by atoms with Crippen molar-refractivity contribution in [2.45, 2.75) is 17.7 Å². The van der Waals surface area contributed by atoms with E-state index in [1.807, 2.05) is 30.3 Å². The zero-order chi connectivity index (χ0) is 14.2. The Morgan fingerprint density at radius 3 is 1.70 bits per heavy atom. The molecule has 102 valence electrons. The molecule has 1 aliphatic carbocycles. The van der Waals surface area contributed by atoms with Crippen LogP contribution in [-0.2, 0) is 9.84 Å². The van der Waals surface area contributed by atoms with Gasteiger partial charge in [-0.25, -0.2) is 8.42 Å². The van der Waals surface area contributed by atoms with Crippen LogP contribution in [0.15, 0.2) is 59.5 Å². The molecule has 0 radical (unpaired) electrons. The summed E-state index contributed by atoms with van der Waals surface area (Å²) in [6.45, 7) is 0. The van der Waals surface area contributed by atoms with Gasteiger partial charge < -0.3 is 0 Å². The Balaban J connectivity index is 1.98. The molecule has 0 heterocycles. The first-order valence-electron chi connectivity index (χ1n) is 6.63. The van der Waals surface area contributed by atoms with E-state index in [9.17, 15) is 8.42 Å². The number of hydrogen-bond donors (Lipinski definition) is 0. The highest BCUT2D eigenvalue weighted by molar-refractivity contribution is 7.90. The molecule has 0 unspecified atom stereocenters. The van der Waals surface area contributed by atoms with Crippen LogP contribution in [0.2, 0.25) is 0 Å². The summed E-state index contributed by atoms with van der Waals surface area (Å²) >= 11 is 0. The average Bonchev–Trinajstić information content (AvgIpc) is 2.38. The first-order chi connectivity index (χ1) is 9.55. The van der Waals surface area contributed by atoms with E-state index in [2.05, 4.69) is 12.1 Å². The average molecular weight is 284 g/mol. The molecule has 0 amide bonds. The first-order valence-corrected chi connectivity index (χ1v) is 8.53. The van der Waals surface area contributed by atoms with Gasteiger partial charge in [-0.2, -0.15) is 0 Å². The van der Waals surface area contributed by atoms with Crippen LogP contribution in [0.1, 0.15) is 24.0 Å². The smallest absolute Gasteiger partial charge is 0.175 e. The van der Waals surface area contributed by atoms with Crippen molar-refractivity contribution in [2.24, 2.45) is 0 Å². The molecule has 0 spiro atoms. The predicted octanol–water partition coefficient (Wildman–Crippen LogP) is 3.79. The van der Waals surface area contributed by atoms with Crippen molar-refractivity contribution >= 4 is 21.0 Å².